The molecule has 0 heterocycles. The highest BCUT2D eigenvalue weighted by atomic mass is 15.4. The first kappa shape index (κ1) is 11.9. The molecule has 74 valence electrons. The lowest BCUT2D eigenvalue weighted by Crippen LogP contribution is -2.49. The lowest BCUT2D eigenvalue weighted by molar-refractivity contribution is 0.110. The first-order valence-corrected chi connectivity index (χ1v) is 4.92. The van der Waals surface area contributed by atoms with Crippen LogP contribution in [0.5, 0.6) is 0 Å². The van der Waals surface area contributed by atoms with Crippen LogP contribution < -0.4 is 5.84 Å². The van der Waals surface area contributed by atoms with Gasteiger partial charge in [0.1, 0.15) is 0 Å². The number of rotatable bonds is 5. The Bertz CT molecular complexity index is 119. The van der Waals surface area contributed by atoms with E-state index < -0.39 is 0 Å². The lowest BCUT2D eigenvalue weighted by atomic mass is 10.0. The zero-order chi connectivity index (χ0) is 9.78. The van der Waals surface area contributed by atoms with Crippen LogP contribution in [0, 0.1) is 5.92 Å². The second kappa shape index (κ2) is 4.83. The molecule has 0 aromatic rings. The minimum atomic E-state index is 0.148. The molecule has 2 N–H and O–H groups in total. The van der Waals surface area contributed by atoms with Crippen molar-refractivity contribution in [2.45, 2.75) is 53.0 Å². The van der Waals surface area contributed by atoms with E-state index >= 15 is 0 Å². The second-order valence-corrected chi connectivity index (χ2v) is 4.54. The third kappa shape index (κ3) is 4.07. The fraction of sp³-hybridized carbons (Fsp3) is 1.00. The van der Waals surface area contributed by atoms with Crippen LogP contribution in [0.1, 0.15) is 47.5 Å². The lowest BCUT2D eigenvalue weighted by Gasteiger charge is -2.34. The Balaban J connectivity index is 3.78. The molecule has 0 bridgehead atoms. The molecule has 0 rings (SSSR count). The fourth-order valence-electron chi connectivity index (χ4n) is 0.903. The zero-order valence-electron chi connectivity index (χ0n) is 9.22. The van der Waals surface area contributed by atoms with Crippen molar-refractivity contribution in [3.8, 4) is 0 Å². The van der Waals surface area contributed by atoms with Gasteiger partial charge in [-0.15, -0.1) is 0 Å². The molecule has 0 saturated carbocycles. The highest BCUT2D eigenvalue weighted by Gasteiger charge is 2.21. The summed E-state index contributed by atoms with van der Waals surface area (Å²) in [5.74, 6) is 6.68. The Kier molecular flexibility index (Phi) is 4.80. The number of hydrazine groups is 1. The molecular weight excluding hydrogens is 148 g/mol. The maximum absolute atomic E-state index is 5.94. The van der Waals surface area contributed by atoms with Crippen molar-refractivity contribution in [2.75, 3.05) is 6.54 Å². The molecule has 12 heavy (non-hydrogen) atoms. The molecule has 0 aromatic heterocycles. The SMILES string of the molecule is CCC(C)(C)N(N)CCC(C)C. The molecule has 2 heteroatoms. The fourth-order valence-corrected chi connectivity index (χ4v) is 0.903. The van der Waals surface area contributed by atoms with E-state index in [0.717, 1.165) is 18.9 Å². The third-order valence-electron chi connectivity index (χ3n) is 2.59. The summed E-state index contributed by atoms with van der Waals surface area (Å²) >= 11 is 0. The normalized spacial score (nSPS) is 13.0. The number of hydrogen-bond acceptors (Lipinski definition) is 2. The van der Waals surface area contributed by atoms with E-state index in [2.05, 4.69) is 34.6 Å². The maximum Gasteiger partial charge on any atom is 0.0293 e. The van der Waals surface area contributed by atoms with Crippen molar-refractivity contribution in [3.63, 3.8) is 0 Å². The van der Waals surface area contributed by atoms with E-state index in [1.807, 2.05) is 5.01 Å². The van der Waals surface area contributed by atoms with Gasteiger partial charge in [-0.25, -0.2) is 5.01 Å². The summed E-state index contributed by atoms with van der Waals surface area (Å²) < 4.78 is 0. The third-order valence-corrected chi connectivity index (χ3v) is 2.59. The van der Waals surface area contributed by atoms with Gasteiger partial charge in [0.25, 0.3) is 0 Å². The molecule has 0 amide bonds. The summed E-state index contributed by atoms with van der Waals surface area (Å²) in [5.41, 5.74) is 0.148. The molecule has 0 aliphatic carbocycles. The summed E-state index contributed by atoms with van der Waals surface area (Å²) in [4.78, 5) is 0. The van der Waals surface area contributed by atoms with Crippen LogP contribution in [0.3, 0.4) is 0 Å². The van der Waals surface area contributed by atoms with Crippen molar-refractivity contribution in [2.24, 2.45) is 11.8 Å². The average Bonchev–Trinajstić information content (AvgIpc) is 2.00. The Labute approximate surface area is 77.1 Å². The van der Waals surface area contributed by atoms with E-state index in [1.54, 1.807) is 0 Å². The van der Waals surface area contributed by atoms with Crippen molar-refractivity contribution in [3.05, 3.63) is 0 Å². The van der Waals surface area contributed by atoms with E-state index in [1.165, 1.54) is 6.42 Å². The Hall–Kier alpha value is -0.0800. The van der Waals surface area contributed by atoms with Gasteiger partial charge in [-0.1, -0.05) is 20.8 Å². The Morgan fingerprint density at radius 1 is 1.33 bits per heavy atom. The van der Waals surface area contributed by atoms with Crippen LogP contribution in [-0.4, -0.2) is 17.1 Å². The summed E-state index contributed by atoms with van der Waals surface area (Å²) in [6, 6.07) is 0. The average molecular weight is 172 g/mol. The van der Waals surface area contributed by atoms with Crippen molar-refractivity contribution >= 4 is 0 Å². The van der Waals surface area contributed by atoms with E-state index in [0.29, 0.717) is 0 Å². The van der Waals surface area contributed by atoms with Crippen molar-refractivity contribution < 1.29 is 0 Å². The van der Waals surface area contributed by atoms with Gasteiger partial charge in [0.2, 0.25) is 0 Å². The molecule has 0 radical (unpaired) electrons. The Morgan fingerprint density at radius 3 is 2.17 bits per heavy atom. The molecule has 0 aliphatic rings. The first-order chi connectivity index (χ1) is 5.40. The van der Waals surface area contributed by atoms with Crippen molar-refractivity contribution in [1.29, 1.82) is 0 Å². The summed E-state index contributed by atoms with van der Waals surface area (Å²) in [6.07, 6.45) is 2.28. The number of nitrogens with two attached hydrogens (primary N) is 1. The largest absolute Gasteiger partial charge is 0.268 e. The molecule has 0 aliphatic heterocycles. The van der Waals surface area contributed by atoms with Gasteiger partial charge in [0, 0.05) is 12.1 Å². The number of nitrogens with zero attached hydrogens (tertiary/aromatic N) is 1. The monoisotopic (exact) mass is 172 g/mol. The maximum atomic E-state index is 5.94. The smallest absolute Gasteiger partial charge is 0.0293 e. The zero-order valence-corrected chi connectivity index (χ0v) is 9.22. The van der Waals surface area contributed by atoms with Crippen LogP contribution in [0.25, 0.3) is 0 Å². The molecule has 0 fully saturated rings. The summed E-state index contributed by atoms with van der Waals surface area (Å²) in [5, 5.41) is 1.97. The topological polar surface area (TPSA) is 29.3 Å². The molecular formula is C10H24N2. The molecule has 0 atom stereocenters. The minimum Gasteiger partial charge on any atom is -0.268 e. The second-order valence-electron chi connectivity index (χ2n) is 4.54. The molecule has 0 aromatic carbocycles. The quantitative estimate of drug-likeness (QED) is 0.509. The van der Waals surface area contributed by atoms with E-state index in [-0.39, 0.29) is 5.54 Å². The van der Waals surface area contributed by atoms with Crippen LogP contribution >= 0.6 is 0 Å². The standard InChI is InChI=1S/C10H24N2/c1-6-10(4,5)12(11)8-7-9(2)3/h9H,6-8,11H2,1-5H3. The van der Waals surface area contributed by atoms with Crippen LogP contribution in [0.2, 0.25) is 0 Å². The van der Waals surface area contributed by atoms with Crippen LogP contribution in [-0.2, 0) is 0 Å². The highest BCUT2D eigenvalue weighted by molar-refractivity contribution is 4.75. The highest BCUT2D eigenvalue weighted by Crippen LogP contribution is 2.15. The summed E-state index contributed by atoms with van der Waals surface area (Å²) in [6.45, 7) is 12.0. The van der Waals surface area contributed by atoms with E-state index in [9.17, 15) is 0 Å². The van der Waals surface area contributed by atoms with Crippen LogP contribution in [0.4, 0.5) is 0 Å². The molecule has 0 spiro atoms. The van der Waals surface area contributed by atoms with Crippen molar-refractivity contribution in [1.82, 2.24) is 5.01 Å². The predicted octanol–water partition coefficient (Wildman–Crippen LogP) is 2.40. The van der Waals surface area contributed by atoms with Crippen LogP contribution in [0.15, 0.2) is 0 Å². The molecule has 0 unspecified atom stereocenters. The van der Waals surface area contributed by atoms with E-state index in [4.69, 9.17) is 5.84 Å². The minimum absolute atomic E-state index is 0.148. The molecule has 0 saturated heterocycles. The summed E-state index contributed by atoms with van der Waals surface area (Å²) in [7, 11) is 0. The van der Waals surface area contributed by atoms with Gasteiger partial charge in [0.15, 0.2) is 0 Å². The van der Waals surface area contributed by atoms with Gasteiger partial charge in [0.05, 0.1) is 0 Å². The van der Waals surface area contributed by atoms with Gasteiger partial charge in [-0.05, 0) is 32.6 Å². The van der Waals surface area contributed by atoms with Gasteiger partial charge < -0.3 is 0 Å². The first-order valence-electron chi connectivity index (χ1n) is 4.92. The van der Waals surface area contributed by atoms with Gasteiger partial charge >= 0.3 is 0 Å². The van der Waals surface area contributed by atoms with Gasteiger partial charge in [-0.2, -0.15) is 0 Å². The number of hydrogen-bond donors (Lipinski definition) is 1. The predicted molar refractivity (Wildman–Crippen MR) is 54.7 cm³/mol. The molecule has 2 nitrogen and oxygen atoms in total. The van der Waals surface area contributed by atoms with Gasteiger partial charge in [-0.3, -0.25) is 5.84 Å². The Morgan fingerprint density at radius 2 is 1.83 bits per heavy atom.